The van der Waals surface area contributed by atoms with Gasteiger partial charge in [0.2, 0.25) is 0 Å². The number of carbonyl (C=O) groups excluding carboxylic acids is 2. The number of allylic oxidation sites excluding steroid dienone is 4. The fourth-order valence-electron chi connectivity index (χ4n) is 5.64. The van der Waals surface area contributed by atoms with E-state index in [0.717, 1.165) is 12.8 Å². The van der Waals surface area contributed by atoms with Crippen LogP contribution in [0.3, 0.4) is 0 Å². The van der Waals surface area contributed by atoms with Crippen molar-refractivity contribution in [1.82, 2.24) is 0 Å². The van der Waals surface area contributed by atoms with Crippen molar-refractivity contribution in [3.8, 4) is 0 Å². The van der Waals surface area contributed by atoms with Crippen LogP contribution in [0.25, 0.3) is 0 Å². The standard InChI is InChI=1S/C16H16O2/c17-15-11-7-1-2-8(5-7)12(11)16(18)14-10-4-3-9(6-10)13(14)15/h1-4,7-14H,5-6H2/t7-,8-,9-,10-,11-,12+,13+,14+/m1/s1. The molecule has 3 fully saturated rings. The van der Waals surface area contributed by atoms with E-state index in [-0.39, 0.29) is 23.7 Å². The van der Waals surface area contributed by atoms with Gasteiger partial charge in [-0.05, 0) is 36.5 Å². The molecule has 5 rings (SSSR count). The van der Waals surface area contributed by atoms with E-state index < -0.39 is 0 Å². The highest BCUT2D eigenvalue weighted by molar-refractivity contribution is 6.02. The van der Waals surface area contributed by atoms with Gasteiger partial charge in [0.25, 0.3) is 0 Å². The Kier molecular flexibility index (Phi) is 1.55. The maximum atomic E-state index is 12.8. The molecule has 0 heterocycles. The summed E-state index contributed by atoms with van der Waals surface area (Å²) in [4.78, 5) is 25.6. The number of hydrogen-bond donors (Lipinski definition) is 0. The Bertz CT molecular complexity index is 441. The van der Waals surface area contributed by atoms with Crippen molar-refractivity contribution in [2.24, 2.45) is 47.3 Å². The summed E-state index contributed by atoms with van der Waals surface area (Å²) in [6, 6.07) is 0. The van der Waals surface area contributed by atoms with E-state index in [4.69, 9.17) is 0 Å². The second-order valence-electron chi connectivity index (χ2n) is 6.80. The Morgan fingerprint density at radius 1 is 0.611 bits per heavy atom. The van der Waals surface area contributed by atoms with Gasteiger partial charge in [0, 0.05) is 23.7 Å². The van der Waals surface area contributed by atoms with E-state index in [1.807, 2.05) is 0 Å². The van der Waals surface area contributed by atoms with Gasteiger partial charge in [-0.3, -0.25) is 9.59 Å². The number of hydrogen-bond acceptors (Lipinski definition) is 2. The lowest BCUT2D eigenvalue weighted by molar-refractivity contribution is -0.148. The molecule has 3 saturated carbocycles. The van der Waals surface area contributed by atoms with Gasteiger partial charge in [-0.2, -0.15) is 0 Å². The zero-order valence-electron chi connectivity index (χ0n) is 10.2. The monoisotopic (exact) mass is 240 g/mol. The first-order valence-electron chi connectivity index (χ1n) is 7.20. The highest BCUT2D eigenvalue weighted by atomic mass is 16.1. The first kappa shape index (κ1) is 9.71. The fraction of sp³-hybridized carbons (Fsp3) is 0.625. The van der Waals surface area contributed by atoms with Crippen LogP contribution in [0.1, 0.15) is 12.8 Å². The normalized spacial score (nSPS) is 58.4. The summed E-state index contributed by atoms with van der Waals surface area (Å²) in [7, 11) is 0. The first-order valence-corrected chi connectivity index (χ1v) is 7.20. The smallest absolute Gasteiger partial charge is 0.141 e. The number of fused-ring (bicyclic) bond motifs is 10. The summed E-state index contributed by atoms with van der Waals surface area (Å²) in [6.45, 7) is 0. The second kappa shape index (κ2) is 2.87. The average Bonchev–Trinajstić information content (AvgIpc) is 3.10. The van der Waals surface area contributed by atoms with E-state index in [9.17, 15) is 9.59 Å². The van der Waals surface area contributed by atoms with Crippen LogP contribution in [-0.4, -0.2) is 11.6 Å². The third-order valence-electron chi connectivity index (χ3n) is 6.23. The van der Waals surface area contributed by atoms with Gasteiger partial charge in [-0.15, -0.1) is 0 Å². The number of Topliss-reactive ketones (excluding diaryl/α,β-unsaturated/α-hetero) is 2. The van der Waals surface area contributed by atoms with Crippen LogP contribution in [0.15, 0.2) is 24.3 Å². The molecule has 0 aromatic rings. The van der Waals surface area contributed by atoms with Crippen LogP contribution in [0.4, 0.5) is 0 Å². The quantitative estimate of drug-likeness (QED) is 0.607. The lowest BCUT2D eigenvalue weighted by Gasteiger charge is -2.40. The molecule has 0 aromatic carbocycles. The predicted molar refractivity (Wildman–Crippen MR) is 65.4 cm³/mol. The Morgan fingerprint density at radius 2 is 0.889 bits per heavy atom. The molecule has 92 valence electrons. The molecular formula is C16H16O2. The molecule has 0 unspecified atom stereocenters. The van der Waals surface area contributed by atoms with Gasteiger partial charge in [0.1, 0.15) is 11.6 Å². The first-order chi connectivity index (χ1) is 8.75. The van der Waals surface area contributed by atoms with Crippen LogP contribution in [0, 0.1) is 47.3 Å². The van der Waals surface area contributed by atoms with Crippen LogP contribution in [0.5, 0.6) is 0 Å². The average molecular weight is 240 g/mol. The molecule has 0 N–H and O–H groups in total. The molecule has 0 aromatic heterocycles. The van der Waals surface area contributed by atoms with E-state index in [2.05, 4.69) is 24.3 Å². The van der Waals surface area contributed by atoms with Gasteiger partial charge in [-0.25, -0.2) is 0 Å². The summed E-state index contributed by atoms with van der Waals surface area (Å²) in [5.41, 5.74) is 0. The SMILES string of the molecule is O=C1[C@@H]2[C@@H](C(=O)[C@H]3[C@@H]1[C@@H]1C=C[C@@H]3C1)[C@@H]1C=C[C@@H]2C1. The van der Waals surface area contributed by atoms with Crippen molar-refractivity contribution in [2.45, 2.75) is 12.8 Å². The molecule has 5 aliphatic rings. The zero-order valence-corrected chi connectivity index (χ0v) is 10.2. The fourth-order valence-corrected chi connectivity index (χ4v) is 5.64. The van der Waals surface area contributed by atoms with Gasteiger partial charge in [-0.1, -0.05) is 24.3 Å². The maximum absolute atomic E-state index is 12.8. The molecule has 18 heavy (non-hydrogen) atoms. The molecule has 8 atom stereocenters. The molecule has 0 spiro atoms. The Morgan fingerprint density at radius 3 is 1.17 bits per heavy atom. The third-order valence-corrected chi connectivity index (χ3v) is 6.23. The van der Waals surface area contributed by atoms with Crippen LogP contribution >= 0.6 is 0 Å². The topological polar surface area (TPSA) is 34.1 Å². The van der Waals surface area contributed by atoms with Crippen molar-refractivity contribution in [2.75, 3.05) is 0 Å². The summed E-state index contributed by atoms with van der Waals surface area (Å²) in [6.07, 6.45) is 10.9. The zero-order chi connectivity index (χ0) is 12.0. The van der Waals surface area contributed by atoms with Crippen molar-refractivity contribution >= 4 is 11.6 Å². The van der Waals surface area contributed by atoms with E-state index in [0.29, 0.717) is 35.2 Å². The van der Waals surface area contributed by atoms with Crippen LogP contribution in [0.2, 0.25) is 0 Å². The van der Waals surface area contributed by atoms with Gasteiger partial charge >= 0.3 is 0 Å². The molecule has 0 amide bonds. The molecule has 0 aliphatic heterocycles. The Labute approximate surface area is 106 Å². The minimum Gasteiger partial charge on any atom is -0.299 e. The van der Waals surface area contributed by atoms with Gasteiger partial charge in [0.05, 0.1) is 0 Å². The van der Waals surface area contributed by atoms with Crippen molar-refractivity contribution < 1.29 is 9.59 Å². The number of ketones is 2. The predicted octanol–water partition coefficient (Wildman–Crippen LogP) is 2.01. The molecule has 0 radical (unpaired) electrons. The summed E-state index contributed by atoms with van der Waals surface area (Å²) in [5.74, 6) is 2.53. The summed E-state index contributed by atoms with van der Waals surface area (Å²) < 4.78 is 0. The Balaban J connectivity index is 1.65. The Hall–Kier alpha value is -1.18. The summed E-state index contributed by atoms with van der Waals surface area (Å²) in [5, 5.41) is 0. The minimum atomic E-state index is 0.0431. The molecular weight excluding hydrogens is 224 g/mol. The molecule has 0 saturated heterocycles. The second-order valence-corrected chi connectivity index (χ2v) is 6.80. The minimum absolute atomic E-state index is 0.0431. The maximum Gasteiger partial charge on any atom is 0.141 e. The molecule has 4 bridgehead atoms. The van der Waals surface area contributed by atoms with Crippen molar-refractivity contribution in [3.05, 3.63) is 24.3 Å². The highest BCUT2D eigenvalue weighted by Gasteiger charge is 2.63. The van der Waals surface area contributed by atoms with Crippen molar-refractivity contribution in [1.29, 1.82) is 0 Å². The van der Waals surface area contributed by atoms with Crippen LogP contribution in [-0.2, 0) is 9.59 Å². The number of carbonyl (C=O) groups is 2. The largest absolute Gasteiger partial charge is 0.299 e. The lowest BCUT2D eigenvalue weighted by Crippen LogP contribution is -2.50. The van der Waals surface area contributed by atoms with Crippen LogP contribution < -0.4 is 0 Å². The molecule has 5 aliphatic carbocycles. The number of rotatable bonds is 0. The van der Waals surface area contributed by atoms with E-state index in [1.54, 1.807) is 0 Å². The van der Waals surface area contributed by atoms with Crippen molar-refractivity contribution in [3.63, 3.8) is 0 Å². The third kappa shape index (κ3) is 0.877. The van der Waals surface area contributed by atoms with E-state index in [1.165, 1.54) is 0 Å². The molecule has 2 nitrogen and oxygen atoms in total. The lowest BCUT2D eigenvalue weighted by atomic mass is 9.60. The van der Waals surface area contributed by atoms with Gasteiger partial charge < -0.3 is 0 Å². The van der Waals surface area contributed by atoms with E-state index >= 15 is 0 Å². The summed E-state index contributed by atoms with van der Waals surface area (Å²) >= 11 is 0. The molecule has 2 heteroatoms. The highest BCUT2D eigenvalue weighted by Crippen LogP contribution is 2.60. The van der Waals surface area contributed by atoms with Gasteiger partial charge in [0.15, 0.2) is 0 Å².